The lowest BCUT2D eigenvalue weighted by Gasteiger charge is -2.27. The fourth-order valence-corrected chi connectivity index (χ4v) is 3.92. The standard InChI is InChI=1S/C15H20N2S/c1-11(12-5-4-8-16-10-12)9-15-17-13-6-2-3-7-14(13)18-15/h2-3,6-7,11-12,16H,4-5,8-10H2,1H3. The third kappa shape index (κ3) is 2.57. The van der Waals surface area contributed by atoms with Crippen molar-refractivity contribution >= 4 is 21.6 Å². The second-order valence-corrected chi connectivity index (χ2v) is 6.48. The van der Waals surface area contributed by atoms with E-state index in [1.54, 1.807) is 0 Å². The average molecular weight is 260 g/mol. The number of thiazole rings is 1. The summed E-state index contributed by atoms with van der Waals surface area (Å²) < 4.78 is 1.32. The van der Waals surface area contributed by atoms with E-state index in [2.05, 4.69) is 36.5 Å². The van der Waals surface area contributed by atoms with E-state index in [4.69, 9.17) is 4.98 Å². The summed E-state index contributed by atoms with van der Waals surface area (Å²) in [4.78, 5) is 4.75. The molecule has 0 saturated carbocycles. The molecule has 1 fully saturated rings. The molecule has 1 aliphatic heterocycles. The Labute approximate surface area is 112 Å². The minimum Gasteiger partial charge on any atom is -0.316 e. The molecule has 2 aromatic rings. The first-order valence-corrected chi connectivity index (χ1v) is 7.70. The fourth-order valence-electron chi connectivity index (χ4n) is 2.81. The Morgan fingerprint density at radius 3 is 3.11 bits per heavy atom. The molecule has 0 aliphatic carbocycles. The Kier molecular flexibility index (Phi) is 3.62. The number of hydrogen-bond donors (Lipinski definition) is 1. The van der Waals surface area contributed by atoms with E-state index in [9.17, 15) is 0 Å². The molecule has 18 heavy (non-hydrogen) atoms. The summed E-state index contributed by atoms with van der Waals surface area (Å²) in [6, 6.07) is 8.45. The summed E-state index contributed by atoms with van der Waals surface area (Å²) in [5, 5.41) is 4.81. The van der Waals surface area contributed by atoms with Crippen LogP contribution in [0.3, 0.4) is 0 Å². The number of nitrogens with one attached hydrogen (secondary N) is 1. The van der Waals surface area contributed by atoms with Gasteiger partial charge in [-0.05, 0) is 49.9 Å². The minimum absolute atomic E-state index is 0.735. The molecule has 1 aromatic carbocycles. The first-order chi connectivity index (χ1) is 8.83. The van der Waals surface area contributed by atoms with Crippen LogP contribution in [0.1, 0.15) is 24.8 Å². The normalized spacial score (nSPS) is 22.2. The predicted octanol–water partition coefficient (Wildman–Crippen LogP) is 3.47. The lowest BCUT2D eigenvalue weighted by molar-refractivity contribution is 0.279. The van der Waals surface area contributed by atoms with Crippen molar-refractivity contribution in [1.82, 2.24) is 10.3 Å². The van der Waals surface area contributed by atoms with Crippen LogP contribution < -0.4 is 5.32 Å². The van der Waals surface area contributed by atoms with Crippen molar-refractivity contribution in [2.75, 3.05) is 13.1 Å². The van der Waals surface area contributed by atoms with Gasteiger partial charge in [0, 0.05) is 6.42 Å². The Hall–Kier alpha value is -0.930. The molecule has 1 N–H and O–H groups in total. The van der Waals surface area contributed by atoms with Gasteiger partial charge >= 0.3 is 0 Å². The van der Waals surface area contributed by atoms with E-state index in [1.807, 2.05) is 11.3 Å². The number of aromatic nitrogens is 1. The quantitative estimate of drug-likeness (QED) is 0.914. The van der Waals surface area contributed by atoms with Gasteiger partial charge in [0.1, 0.15) is 0 Å². The average Bonchev–Trinajstić information content (AvgIpc) is 2.82. The van der Waals surface area contributed by atoms with Gasteiger partial charge in [-0.15, -0.1) is 11.3 Å². The summed E-state index contributed by atoms with van der Waals surface area (Å²) in [6.07, 6.45) is 3.83. The monoisotopic (exact) mass is 260 g/mol. The van der Waals surface area contributed by atoms with Crippen molar-refractivity contribution in [3.8, 4) is 0 Å². The predicted molar refractivity (Wildman–Crippen MR) is 78.1 cm³/mol. The number of piperidine rings is 1. The fraction of sp³-hybridized carbons (Fsp3) is 0.533. The van der Waals surface area contributed by atoms with Crippen molar-refractivity contribution in [2.24, 2.45) is 11.8 Å². The minimum atomic E-state index is 0.735. The van der Waals surface area contributed by atoms with E-state index in [0.29, 0.717) is 0 Å². The van der Waals surface area contributed by atoms with Gasteiger partial charge in [-0.2, -0.15) is 0 Å². The number of fused-ring (bicyclic) bond motifs is 1. The van der Waals surface area contributed by atoms with E-state index in [0.717, 1.165) is 23.8 Å². The molecular weight excluding hydrogens is 240 g/mol. The zero-order chi connectivity index (χ0) is 12.4. The summed E-state index contributed by atoms with van der Waals surface area (Å²) in [7, 11) is 0. The highest BCUT2D eigenvalue weighted by atomic mass is 32.1. The van der Waals surface area contributed by atoms with Crippen LogP contribution in [0.15, 0.2) is 24.3 Å². The van der Waals surface area contributed by atoms with Crippen LogP contribution in [0.25, 0.3) is 10.2 Å². The number of benzene rings is 1. The van der Waals surface area contributed by atoms with E-state index >= 15 is 0 Å². The second-order valence-electron chi connectivity index (χ2n) is 5.36. The Bertz CT molecular complexity index is 481. The molecule has 2 unspecified atom stereocenters. The Morgan fingerprint density at radius 2 is 2.33 bits per heavy atom. The van der Waals surface area contributed by atoms with Gasteiger partial charge in [-0.25, -0.2) is 4.98 Å². The van der Waals surface area contributed by atoms with Gasteiger partial charge in [-0.1, -0.05) is 19.1 Å². The largest absolute Gasteiger partial charge is 0.316 e. The SMILES string of the molecule is CC(Cc1nc2ccccc2s1)C1CCCNC1. The van der Waals surface area contributed by atoms with Crippen LogP contribution in [0.4, 0.5) is 0 Å². The number of hydrogen-bond acceptors (Lipinski definition) is 3. The molecular formula is C15H20N2S. The molecule has 0 radical (unpaired) electrons. The van der Waals surface area contributed by atoms with Crippen LogP contribution in [0.5, 0.6) is 0 Å². The second kappa shape index (κ2) is 5.37. The molecule has 96 valence electrons. The number of rotatable bonds is 3. The molecule has 3 rings (SSSR count). The molecule has 2 atom stereocenters. The molecule has 0 spiro atoms. The maximum absolute atomic E-state index is 4.75. The van der Waals surface area contributed by atoms with E-state index in [1.165, 1.54) is 35.6 Å². The molecule has 2 nitrogen and oxygen atoms in total. The topological polar surface area (TPSA) is 24.9 Å². The van der Waals surface area contributed by atoms with Gasteiger partial charge in [0.15, 0.2) is 0 Å². The molecule has 0 bridgehead atoms. The highest BCUT2D eigenvalue weighted by Gasteiger charge is 2.21. The first-order valence-electron chi connectivity index (χ1n) is 6.88. The van der Waals surface area contributed by atoms with Gasteiger partial charge in [-0.3, -0.25) is 0 Å². The Balaban J connectivity index is 1.71. The van der Waals surface area contributed by atoms with Gasteiger partial charge in [0.25, 0.3) is 0 Å². The van der Waals surface area contributed by atoms with Gasteiger partial charge in [0.05, 0.1) is 15.2 Å². The number of para-hydroxylation sites is 1. The Morgan fingerprint density at radius 1 is 1.44 bits per heavy atom. The zero-order valence-corrected chi connectivity index (χ0v) is 11.7. The first kappa shape index (κ1) is 12.1. The zero-order valence-electron chi connectivity index (χ0n) is 10.9. The van der Waals surface area contributed by atoms with Crippen LogP contribution in [-0.4, -0.2) is 18.1 Å². The molecule has 2 heterocycles. The summed E-state index contributed by atoms with van der Waals surface area (Å²) in [5.74, 6) is 1.56. The molecule has 1 aliphatic rings. The van der Waals surface area contributed by atoms with Gasteiger partial charge in [0.2, 0.25) is 0 Å². The molecule has 3 heteroatoms. The maximum Gasteiger partial charge on any atom is 0.0941 e. The van der Waals surface area contributed by atoms with Crippen LogP contribution in [0, 0.1) is 11.8 Å². The van der Waals surface area contributed by atoms with Crippen LogP contribution in [-0.2, 0) is 6.42 Å². The highest BCUT2D eigenvalue weighted by Crippen LogP contribution is 2.27. The summed E-state index contributed by atoms with van der Waals surface area (Å²) in [5.41, 5.74) is 1.16. The van der Waals surface area contributed by atoms with Crippen molar-refractivity contribution < 1.29 is 0 Å². The van der Waals surface area contributed by atoms with Crippen LogP contribution >= 0.6 is 11.3 Å². The van der Waals surface area contributed by atoms with Crippen molar-refractivity contribution in [3.05, 3.63) is 29.3 Å². The molecule has 1 aromatic heterocycles. The molecule has 0 amide bonds. The highest BCUT2D eigenvalue weighted by molar-refractivity contribution is 7.18. The van der Waals surface area contributed by atoms with Crippen molar-refractivity contribution in [3.63, 3.8) is 0 Å². The molecule has 1 saturated heterocycles. The maximum atomic E-state index is 4.75. The smallest absolute Gasteiger partial charge is 0.0941 e. The number of nitrogens with zero attached hydrogens (tertiary/aromatic N) is 1. The van der Waals surface area contributed by atoms with Gasteiger partial charge < -0.3 is 5.32 Å². The summed E-state index contributed by atoms with van der Waals surface area (Å²) >= 11 is 1.86. The lowest BCUT2D eigenvalue weighted by atomic mass is 9.86. The van der Waals surface area contributed by atoms with E-state index < -0.39 is 0 Å². The van der Waals surface area contributed by atoms with Crippen LogP contribution in [0.2, 0.25) is 0 Å². The lowest BCUT2D eigenvalue weighted by Crippen LogP contribution is -2.33. The summed E-state index contributed by atoms with van der Waals surface area (Å²) in [6.45, 7) is 4.76. The van der Waals surface area contributed by atoms with Crippen molar-refractivity contribution in [1.29, 1.82) is 0 Å². The van der Waals surface area contributed by atoms with Crippen molar-refractivity contribution in [2.45, 2.75) is 26.2 Å². The van der Waals surface area contributed by atoms with E-state index in [-0.39, 0.29) is 0 Å². The third-order valence-electron chi connectivity index (χ3n) is 3.97. The third-order valence-corrected chi connectivity index (χ3v) is 5.03.